The second kappa shape index (κ2) is 5.25. The van der Waals surface area contributed by atoms with Crippen molar-refractivity contribution < 1.29 is 0 Å². The van der Waals surface area contributed by atoms with Crippen LogP contribution in [0, 0.1) is 0 Å². The van der Waals surface area contributed by atoms with Crippen LogP contribution >= 0.6 is 15.9 Å². The van der Waals surface area contributed by atoms with Gasteiger partial charge in [-0.1, -0.05) is 22.9 Å². The first kappa shape index (κ1) is 13.1. The summed E-state index contributed by atoms with van der Waals surface area (Å²) in [4.78, 5) is 9.17. The minimum Gasteiger partial charge on any atom is -0.399 e. The molecule has 4 nitrogen and oxygen atoms in total. The van der Waals surface area contributed by atoms with Crippen LogP contribution in [0.15, 0.2) is 41.0 Å². The summed E-state index contributed by atoms with van der Waals surface area (Å²) in [6.45, 7) is 3.02. The molecule has 0 amide bonds. The van der Waals surface area contributed by atoms with Gasteiger partial charge in [0.25, 0.3) is 0 Å². The number of pyridine rings is 1. The first-order valence-electron chi connectivity index (χ1n) is 6.57. The number of hydrogen-bond donors (Lipinski definition) is 1. The van der Waals surface area contributed by atoms with Crippen molar-refractivity contribution in [1.29, 1.82) is 0 Å². The fourth-order valence-corrected chi connectivity index (χ4v) is 2.74. The number of nitrogens with two attached hydrogens (primary N) is 1. The molecule has 0 aliphatic rings. The third-order valence-electron chi connectivity index (χ3n) is 3.18. The molecule has 20 heavy (non-hydrogen) atoms. The number of halogens is 1. The first-order valence-corrected chi connectivity index (χ1v) is 7.36. The molecule has 2 heterocycles. The SMILES string of the molecule is CCCn1c(-c2cc(N)ccc2Br)nc2cccnc21. The molecular weight excluding hydrogens is 316 g/mol. The van der Waals surface area contributed by atoms with E-state index in [1.165, 1.54) is 0 Å². The monoisotopic (exact) mass is 330 g/mol. The van der Waals surface area contributed by atoms with Gasteiger partial charge in [-0.15, -0.1) is 0 Å². The lowest BCUT2D eigenvalue weighted by atomic mass is 10.2. The fourth-order valence-electron chi connectivity index (χ4n) is 2.31. The Labute approximate surface area is 125 Å². The maximum absolute atomic E-state index is 5.91. The second-order valence-corrected chi connectivity index (χ2v) is 5.53. The average Bonchev–Trinajstić information content (AvgIpc) is 2.81. The number of imidazole rings is 1. The molecule has 2 aromatic heterocycles. The highest BCUT2D eigenvalue weighted by Gasteiger charge is 2.15. The lowest BCUT2D eigenvalue weighted by Gasteiger charge is -2.09. The molecule has 5 heteroatoms. The highest BCUT2D eigenvalue weighted by Crippen LogP contribution is 2.31. The zero-order valence-electron chi connectivity index (χ0n) is 11.2. The van der Waals surface area contributed by atoms with Crippen molar-refractivity contribution in [3.63, 3.8) is 0 Å². The predicted molar refractivity (Wildman–Crippen MR) is 85.4 cm³/mol. The summed E-state index contributed by atoms with van der Waals surface area (Å²) in [5, 5.41) is 0. The van der Waals surface area contributed by atoms with Crippen LogP contribution in [0.25, 0.3) is 22.6 Å². The third-order valence-corrected chi connectivity index (χ3v) is 3.87. The molecule has 0 aliphatic heterocycles. The Morgan fingerprint density at radius 3 is 2.95 bits per heavy atom. The molecule has 2 N–H and O–H groups in total. The number of anilines is 1. The van der Waals surface area contributed by atoms with Crippen LogP contribution in [-0.4, -0.2) is 14.5 Å². The number of nitrogen functional groups attached to an aromatic ring is 1. The number of benzene rings is 1. The Morgan fingerprint density at radius 2 is 2.15 bits per heavy atom. The second-order valence-electron chi connectivity index (χ2n) is 4.67. The maximum Gasteiger partial charge on any atom is 0.160 e. The zero-order chi connectivity index (χ0) is 14.1. The molecule has 0 saturated heterocycles. The van der Waals surface area contributed by atoms with Crippen LogP contribution in [0.2, 0.25) is 0 Å². The summed E-state index contributed by atoms with van der Waals surface area (Å²) in [7, 11) is 0. The van der Waals surface area contributed by atoms with Gasteiger partial charge in [0, 0.05) is 28.5 Å². The fraction of sp³-hybridized carbons (Fsp3) is 0.200. The van der Waals surface area contributed by atoms with E-state index in [9.17, 15) is 0 Å². The summed E-state index contributed by atoms with van der Waals surface area (Å²) in [6, 6.07) is 9.66. The molecule has 3 aromatic rings. The molecule has 0 atom stereocenters. The average molecular weight is 331 g/mol. The molecule has 0 unspecified atom stereocenters. The smallest absolute Gasteiger partial charge is 0.160 e. The molecule has 0 bridgehead atoms. The summed E-state index contributed by atoms with van der Waals surface area (Å²) < 4.78 is 3.13. The Morgan fingerprint density at radius 1 is 1.30 bits per heavy atom. The predicted octanol–water partition coefficient (Wildman–Crippen LogP) is 3.85. The first-order chi connectivity index (χ1) is 9.70. The van der Waals surface area contributed by atoms with E-state index in [0.717, 1.165) is 45.7 Å². The van der Waals surface area contributed by atoms with Gasteiger partial charge in [-0.2, -0.15) is 0 Å². The van der Waals surface area contributed by atoms with Crippen LogP contribution < -0.4 is 5.73 Å². The van der Waals surface area contributed by atoms with E-state index < -0.39 is 0 Å². The van der Waals surface area contributed by atoms with Crippen LogP contribution in [0.5, 0.6) is 0 Å². The van der Waals surface area contributed by atoms with Crippen molar-refractivity contribution in [2.24, 2.45) is 0 Å². The van der Waals surface area contributed by atoms with Crippen molar-refractivity contribution in [3.8, 4) is 11.4 Å². The van der Waals surface area contributed by atoms with E-state index in [2.05, 4.69) is 32.4 Å². The van der Waals surface area contributed by atoms with E-state index in [1.807, 2.05) is 30.3 Å². The van der Waals surface area contributed by atoms with Crippen LogP contribution in [0.1, 0.15) is 13.3 Å². The van der Waals surface area contributed by atoms with Crippen molar-refractivity contribution in [2.45, 2.75) is 19.9 Å². The minimum absolute atomic E-state index is 0.728. The Kier molecular flexibility index (Phi) is 3.44. The van der Waals surface area contributed by atoms with Crippen LogP contribution in [-0.2, 0) is 6.54 Å². The Balaban J connectivity index is 2.29. The van der Waals surface area contributed by atoms with E-state index in [0.29, 0.717) is 0 Å². The van der Waals surface area contributed by atoms with E-state index in [1.54, 1.807) is 6.20 Å². The van der Waals surface area contributed by atoms with E-state index >= 15 is 0 Å². The van der Waals surface area contributed by atoms with Crippen molar-refractivity contribution >= 4 is 32.8 Å². The number of nitrogens with zero attached hydrogens (tertiary/aromatic N) is 3. The maximum atomic E-state index is 5.91. The van der Waals surface area contributed by atoms with Gasteiger partial charge in [0.2, 0.25) is 0 Å². The van der Waals surface area contributed by atoms with Crippen LogP contribution in [0.4, 0.5) is 5.69 Å². The minimum atomic E-state index is 0.728. The van der Waals surface area contributed by atoms with Crippen molar-refractivity contribution in [1.82, 2.24) is 14.5 Å². The lowest BCUT2D eigenvalue weighted by Crippen LogP contribution is -2.01. The molecule has 1 aromatic carbocycles. The molecule has 3 rings (SSSR count). The quantitative estimate of drug-likeness (QED) is 0.742. The number of fused-ring (bicyclic) bond motifs is 1. The Hall–Kier alpha value is -1.88. The summed E-state index contributed by atoms with van der Waals surface area (Å²) in [5.74, 6) is 0.903. The molecule has 0 radical (unpaired) electrons. The van der Waals surface area contributed by atoms with E-state index in [-0.39, 0.29) is 0 Å². The van der Waals surface area contributed by atoms with Gasteiger partial charge in [0.15, 0.2) is 5.65 Å². The highest BCUT2D eigenvalue weighted by atomic mass is 79.9. The number of aromatic nitrogens is 3. The van der Waals surface area contributed by atoms with Crippen molar-refractivity contribution in [2.75, 3.05) is 5.73 Å². The van der Waals surface area contributed by atoms with Gasteiger partial charge in [0.05, 0.1) is 0 Å². The molecular formula is C15H15BrN4. The van der Waals surface area contributed by atoms with Gasteiger partial charge in [0.1, 0.15) is 11.3 Å². The highest BCUT2D eigenvalue weighted by molar-refractivity contribution is 9.10. The van der Waals surface area contributed by atoms with Gasteiger partial charge in [-0.3, -0.25) is 0 Å². The molecule has 102 valence electrons. The van der Waals surface area contributed by atoms with Gasteiger partial charge in [-0.25, -0.2) is 9.97 Å². The number of aryl methyl sites for hydroxylation is 1. The number of hydrogen-bond acceptors (Lipinski definition) is 3. The van der Waals surface area contributed by atoms with E-state index in [4.69, 9.17) is 10.7 Å². The molecule has 0 spiro atoms. The lowest BCUT2D eigenvalue weighted by molar-refractivity contribution is 0.698. The third kappa shape index (κ3) is 2.18. The summed E-state index contributed by atoms with van der Waals surface area (Å²) in [5.41, 5.74) is 9.46. The molecule has 0 saturated carbocycles. The van der Waals surface area contributed by atoms with Gasteiger partial charge in [-0.05, 0) is 36.8 Å². The molecule has 0 fully saturated rings. The van der Waals surface area contributed by atoms with Crippen LogP contribution in [0.3, 0.4) is 0 Å². The normalized spacial score (nSPS) is 11.1. The van der Waals surface area contributed by atoms with Gasteiger partial charge < -0.3 is 10.3 Å². The van der Waals surface area contributed by atoms with Crippen molar-refractivity contribution in [3.05, 3.63) is 41.0 Å². The summed E-state index contributed by atoms with van der Waals surface area (Å²) in [6.07, 6.45) is 2.82. The largest absolute Gasteiger partial charge is 0.399 e. The standard InChI is InChI=1S/C15H15BrN4/c1-2-8-20-14(11-9-10(17)5-6-12(11)16)19-13-4-3-7-18-15(13)20/h3-7,9H,2,8,17H2,1H3. The summed E-state index contributed by atoms with van der Waals surface area (Å²) >= 11 is 3.58. The molecule has 0 aliphatic carbocycles. The Bertz CT molecular complexity index is 764. The zero-order valence-corrected chi connectivity index (χ0v) is 12.8. The number of rotatable bonds is 3. The van der Waals surface area contributed by atoms with Gasteiger partial charge >= 0.3 is 0 Å². The topological polar surface area (TPSA) is 56.7 Å².